The highest BCUT2D eigenvalue weighted by molar-refractivity contribution is 7.18. The van der Waals surface area contributed by atoms with Gasteiger partial charge in [0.05, 0.1) is 5.02 Å². The van der Waals surface area contributed by atoms with Crippen LogP contribution in [0.2, 0.25) is 5.02 Å². The molecule has 0 saturated heterocycles. The summed E-state index contributed by atoms with van der Waals surface area (Å²) in [6.07, 6.45) is 0.940. The molecule has 0 radical (unpaired) electrons. The molecule has 0 aliphatic heterocycles. The average molecular weight is 329 g/mol. The molecule has 5 nitrogen and oxygen atoms in total. The van der Waals surface area contributed by atoms with Crippen molar-refractivity contribution in [2.75, 3.05) is 22.9 Å². The van der Waals surface area contributed by atoms with E-state index in [-0.39, 0.29) is 10.8 Å². The molecule has 4 N–H and O–H groups in total. The van der Waals surface area contributed by atoms with Gasteiger partial charge in [-0.1, -0.05) is 29.9 Å². The molecule has 1 amide bonds. The molecule has 1 aromatic carbocycles. The number of hydrogen-bond acceptors (Lipinski definition) is 5. The van der Waals surface area contributed by atoms with Crippen molar-refractivity contribution in [2.24, 2.45) is 0 Å². The van der Waals surface area contributed by atoms with Gasteiger partial charge in [-0.25, -0.2) is 9.37 Å². The third-order valence-corrected chi connectivity index (χ3v) is 3.88. The highest BCUT2D eigenvalue weighted by atomic mass is 35.5. The Balaban J connectivity index is 2.12. The Morgan fingerprint density at radius 3 is 2.95 bits per heavy atom. The molecule has 0 aliphatic carbocycles. The Morgan fingerprint density at radius 2 is 2.29 bits per heavy atom. The maximum absolute atomic E-state index is 13.1. The van der Waals surface area contributed by atoms with Crippen molar-refractivity contribution in [3.8, 4) is 0 Å². The molecule has 21 heavy (non-hydrogen) atoms. The third-order valence-electron chi connectivity index (χ3n) is 2.56. The van der Waals surface area contributed by atoms with E-state index in [9.17, 15) is 9.18 Å². The van der Waals surface area contributed by atoms with Crippen LogP contribution in [0.3, 0.4) is 0 Å². The summed E-state index contributed by atoms with van der Waals surface area (Å²) in [6, 6.07) is 3.94. The minimum absolute atomic E-state index is 0.0598. The van der Waals surface area contributed by atoms with E-state index in [2.05, 4.69) is 15.6 Å². The molecule has 0 saturated carbocycles. The Labute approximate surface area is 130 Å². The van der Waals surface area contributed by atoms with Gasteiger partial charge in [-0.15, -0.1) is 0 Å². The van der Waals surface area contributed by atoms with Crippen LogP contribution in [0, 0.1) is 5.82 Å². The SMILES string of the molecule is CCCNc1nc(N)c(C(=O)Nc2ccc(F)c(Cl)c2)s1. The van der Waals surface area contributed by atoms with Crippen molar-refractivity contribution in [1.29, 1.82) is 0 Å². The number of nitrogens with zero attached hydrogens (tertiary/aromatic N) is 1. The summed E-state index contributed by atoms with van der Waals surface area (Å²) < 4.78 is 13.1. The first-order valence-corrected chi connectivity index (χ1v) is 7.47. The highest BCUT2D eigenvalue weighted by Gasteiger charge is 2.16. The van der Waals surface area contributed by atoms with Crippen LogP contribution in [-0.4, -0.2) is 17.4 Å². The van der Waals surface area contributed by atoms with Gasteiger partial charge in [-0.05, 0) is 24.6 Å². The molecule has 0 unspecified atom stereocenters. The second-order valence-corrected chi connectivity index (χ2v) is 5.65. The number of amides is 1. The van der Waals surface area contributed by atoms with Gasteiger partial charge in [0.1, 0.15) is 16.5 Å². The first-order valence-electron chi connectivity index (χ1n) is 6.27. The van der Waals surface area contributed by atoms with Crippen molar-refractivity contribution in [3.63, 3.8) is 0 Å². The predicted molar refractivity (Wildman–Crippen MR) is 84.7 cm³/mol. The summed E-state index contributed by atoms with van der Waals surface area (Å²) in [5.74, 6) is -0.792. The fourth-order valence-electron chi connectivity index (χ4n) is 1.56. The molecule has 1 aromatic heterocycles. The molecule has 1 heterocycles. The molecule has 2 rings (SSSR count). The van der Waals surface area contributed by atoms with Crippen LogP contribution < -0.4 is 16.4 Å². The fourth-order valence-corrected chi connectivity index (χ4v) is 2.55. The minimum Gasteiger partial charge on any atom is -0.382 e. The van der Waals surface area contributed by atoms with Crippen molar-refractivity contribution in [2.45, 2.75) is 13.3 Å². The van der Waals surface area contributed by atoms with E-state index >= 15 is 0 Å². The highest BCUT2D eigenvalue weighted by Crippen LogP contribution is 2.26. The lowest BCUT2D eigenvalue weighted by molar-refractivity contribution is 0.103. The average Bonchev–Trinajstić information content (AvgIpc) is 2.82. The Bertz CT molecular complexity index is 662. The number of benzene rings is 1. The van der Waals surface area contributed by atoms with Crippen molar-refractivity contribution in [3.05, 3.63) is 33.9 Å². The van der Waals surface area contributed by atoms with Crippen LogP contribution in [0.1, 0.15) is 23.0 Å². The van der Waals surface area contributed by atoms with Crippen molar-refractivity contribution in [1.82, 2.24) is 4.98 Å². The van der Waals surface area contributed by atoms with Gasteiger partial charge in [-0.2, -0.15) is 0 Å². The lowest BCUT2D eigenvalue weighted by Gasteiger charge is -2.04. The zero-order chi connectivity index (χ0) is 15.4. The zero-order valence-corrected chi connectivity index (χ0v) is 12.8. The van der Waals surface area contributed by atoms with E-state index in [0.717, 1.165) is 13.0 Å². The molecule has 0 fully saturated rings. The maximum atomic E-state index is 13.1. The van der Waals surface area contributed by atoms with Gasteiger partial charge in [-0.3, -0.25) is 4.79 Å². The van der Waals surface area contributed by atoms with Gasteiger partial charge in [0, 0.05) is 12.2 Å². The molecule has 0 atom stereocenters. The van der Waals surface area contributed by atoms with Gasteiger partial charge in [0.15, 0.2) is 5.13 Å². The molecular formula is C13H14ClFN4OS. The number of thiazole rings is 1. The van der Waals surface area contributed by atoms with Crippen LogP contribution in [0.4, 0.5) is 21.0 Å². The largest absolute Gasteiger partial charge is 0.382 e. The Morgan fingerprint density at radius 1 is 1.52 bits per heavy atom. The van der Waals surface area contributed by atoms with E-state index in [0.29, 0.717) is 15.7 Å². The summed E-state index contributed by atoms with van der Waals surface area (Å²) in [7, 11) is 0. The van der Waals surface area contributed by atoms with Gasteiger partial charge in [0.2, 0.25) is 0 Å². The van der Waals surface area contributed by atoms with Gasteiger partial charge < -0.3 is 16.4 Å². The standard InChI is InChI=1S/C13H14ClFN4OS/c1-2-5-17-13-19-11(16)10(21-13)12(20)18-7-3-4-9(15)8(14)6-7/h3-4,6H,2,5,16H2,1H3,(H,17,19)(H,18,20). The lowest BCUT2D eigenvalue weighted by atomic mass is 10.3. The van der Waals surface area contributed by atoms with Crippen LogP contribution in [0.15, 0.2) is 18.2 Å². The number of rotatable bonds is 5. The van der Waals surface area contributed by atoms with Crippen LogP contribution in [-0.2, 0) is 0 Å². The van der Waals surface area contributed by atoms with E-state index in [1.165, 1.54) is 29.5 Å². The lowest BCUT2D eigenvalue weighted by Crippen LogP contribution is -2.12. The Hall–Kier alpha value is -1.86. The topological polar surface area (TPSA) is 80.0 Å². The number of carbonyl (C=O) groups is 1. The summed E-state index contributed by atoms with van der Waals surface area (Å²) in [6.45, 7) is 2.78. The fraction of sp³-hybridized carbons (Fsp3) is 0.231. The zero-order valence-electron chi connectivity index (χ0n) is 11.2. The quantitative estimate of drug-likeness (QED) is 0.783. The molecular weight excluding hydrogens is 315 g/mol. The monoisotopic (exact) mass is 328 g/mol. The van der Waals surface area contributed by atoms with E-state index < -0.39 is 11.7 Å². The number of halogens is 2. The third kappa shape index (κ3) is 3.83. The molecule has 2 aromatic rings. The predicted octanol–water partition coefficient (Wildman–Crippen LogP) is 3.59. The van der Waals surface area contributed by atoms with Gasteiger partial charge in [0.25, 0.3) is 5.91 Å². The number of aromatic nitrogens is 1. The first kappa shape index (κ1) is 15.5. The summed E-state index contributed by atoms with van der Waals surface area (Å²) in [5.41, 5.74) is 6.13. The van der Waals surface area contributed by atoms with Crippen LogP contribution in [0.25, 0.3) is 0 Å². The van der Waals surface area contributed by atoms with Crippen molar-refractivity contribution >= 4 is 45.5 Å². The summed E-state index contributed by atoms with van der Waals surface area (Å²) >= 11 is 6.83. The molecule has 0 spiro atoms. The van der Waals surface area contributed by atoms with Gasteiger partial charge >= 0.3 is 0 Å². The summed E-state index contributed by atoms with van der Waals surface area (Å²) in [4.78, 5) is 16.5. The molecule has 112 valence electrons. The van der Waals surface area contributed by atoms with Crippen molar-refractivity contribution < 1.29 is 9.18 Å². The Kier molecular flexibility index (Phi) is 4.98. The number of hydrogen-bond donors (Lipinski definition) is 3. The number of carbonyl (C=O) groups excluding carboxylic acids is 1. The van der Waals surface area contributed by atoms with E-state index in [1.54, 1.807) is 0 Å². The van der Waals surface area contributed by atoms with E-state index in [1.807, 2.05) is 6.92 Å². The normalized spacial score (nSPS) is 10.4. The van der Waals surface area contributed by atoms with Crippen LogP contribution in [0.5, 0.6) is 0 Å². The first-order chi connectivity index (χ1) is 10.0. The number of anilines is 3. The summed E-state index contributed by atoms with van der Waals surface area (Å²) in [5, 5.41) is 6.21. The molecule has 8 heteroatoms. The second-order valence-electron chi connectivity index (χ2n) is 4.24. The van der Waals surface area contributed by atoms with Crippen LogP contribution >= 0.6 is 22.9 Å². The molecule has 0 bridgehead atoms. The second kappa shape index (κ2) is 6.73. The smallest absolute Gasteiger partial charge is 0.269 e. The molecule has 0 aliphatic rings. The van der Waals surface area contributed by atoms with E-state index in [4.69, 9.17) is 17.3 Å². The minimum atomic E-state index is -0.543. The number of nitrogens with one attached hydrogen (secondary N) is 2. The maximum Gasteiger partial charge on any atom is 0.269 e. The number of nitrogen functional groups attached to an aromatic ring is 1. The number of nitrogens with two attached hydrogens (primary N) is 1.